The second-order valence-electron chi connectivity index (χ2n) is 36.4. The molecule has 1 aliphatic rings. The molecule has 142 heavy (non-hydrogen) atoms. The fourth-order valence-electron chi connectivity index (χ4n) is 17.2. The monoisotopic (exact) mass is 2590 g/mol. The van der Waals surface area contributed by atoms with Crippen LogP contribution in [0.15, 0.2) is 383 Å². The van der Waals surface area contributed by atoms with E-state index in [1.807, 2.05) is 189 Å². The Bertz CT molecular complexity index is 6890. The Hall–Kier alpha value is -13.2. The average molecular weight is 2590 g/mol. The fourth-order valence-corrected chi connectivity index (χ4v) is 17.2. The van der Waals surface area contributed by atoms with Gasteiger partial charge in [-0.1, -0.05) is 236 Å². The number of benzene rings is 11. The summed E-state index contributed by atoms with van der Waals surface area (Å²) in [5.41, 5.74) is 21.9. The maximum absolute atomic E-state index is 14.4. The zero-order chi connectivity index (χ0) is 95.6. The van der Waals surface area contributed by atoms with E-state index in [-0.39, 0.29) is 129 Å². The minimum absolute atomic E-state index is 0. The van der Waals surface area contributed by atoms with Gasteiger partial charge in [0.15, 0.2) is 0 Å². The van der Waals surface area contributed by atoms with Crippen LogP contribution in [0, 0.1) is 77.7 Å². The Morgan fingerprint density at radius 2 is 0.627 bits per heavy atom. The van der Waals surface area contributed by atoms with Gasteiger partial charge in [-0.05, 0) is 137 Å². The van der Waals surface area contributed by atoms with E-state index in [1.165, 1.54) is 43.2 Å². The van der Waals surface area contributed by atoms with Gasteiger partial charge in [0.05, 0.1) is 22.8 Å². The molecule has 19 aromatic rings. The van der Waals surface area contributed by atoms with Crippen LogP contribution in [-0.4, -0.2) is 49.8 Å². The number of hydrogen-bond acceptors (Lipinski definition) is 11. The normalized spacial score (nSPS) is 11.9. The molecule has 0 atom stereocenters. The van der Waals surface area contributed by atoms with Crippen molar-refractivity contribution in [3.8, 4) is 90.1 Å². The molecule has 0 bridgehead atoms. The van der Waals surface area contributed by atoms with Gasteiger partial charge in [0.2, 0.25) is 0 Å². The molecule has 714 valence electrons. The molecular formula is C123H99F4N11Pt4. The molecule has 0 saturated heterocycles. The van der Waals surface area contributed by atoms with E-state index in [0.29, 0.717) is 23.2 Å². The second kappa shape index (κ2) is 49.0. The van der Waals surface area contributed by atoms with Gasteiger partial charge in [0.25, 0.3) is 0 Å². The smallest absolute Gasteiger partial charge is 0.300 e. The molecular weight excluding hydrogens is 2490 g/mol. The van der Waals surface area contributed by atoms with Gasteiger partial charge in [-0.2, -0.15) is 0 Å². The fraction of sp³-hybridized carbons (Fsp3) is 0.154. The molecule has 8 heterocycles. The summed E-state index contributed by atoms with van der Waals surface area (Å²) in [5.74, 6) is -1.76. The molecule has 8 aromatic heterocycles. The number of para-hydroxylation sites is 1. The van der Waals surface area contributed by atoms with Gasteiger partial charge < -0.3 is 9.97 Å². The quantitative estimate of drug-likeness (QED) is 0.0534. The maximum Gasteiger partial charge on any atom is 2.00 e. The number of aromatic nitrogens is 10. The molecule has 1 fully saturated rings. The van der Waals surface area contributed by atoms with Crippen molar-refractivity contribution >= 4 is 17.3 Å². The van der Waals surface area contributed by atoms with Crippen molar-refractivity contribution in [2.24, 2.45) is 5.92 Å². The van der Waals surface area contributed by atoms with Crippen LogP contribution in [0.3, 0.4) is 0 Å². The van der Waals surface area contributed by atoms with Crippen molar-refractivity contribution in [2.75, 3.05) is 4.90 Å². The molecule has 1 saturated carbocycles. The average Bonchev–Trinajstić information content (AvgIpc) is 0.727. The number of anilines is 3. The van der Waals surface area contributed by atoms with Crippen LogP contribution in [0.5, 0.6) is 0 Å². The SMILES string of the molecule is CC(C)(C)c1c[c-]c(-c2cncc(C(c3cncc(-c4[c-]cc(C(C)(C)C)cc4)n3)C3CCCCC3)n2)cc1.CC(C)(c1cccc(-c2[c-]cccc2)n1)c1cccc(-c2[c-]cccc2)n1.Fc1c[c-]c(-c2cccc(N(c3ccccc3)c3cccc(-c4[c-]cc(F)cc4F)n3)n2)c(F)c1.[Pt+2].[Pt+2].[Pt+2].[Pt+2].[c-]1ccccc1-c1cccc(C(c2ccccc2)(c2ccccc2)c2cccc(-c3[c-]cccc3)n2)n1. The van der Waals surface area contributed by atoms with Crippen molar-refractivity contribution in [1.29, 1.82) is 0 Å². The molecule has 20 rings (SSSR count). The molecule has 11 nitrogen and oxygen atoms in total. The van der Waals surface area contributed by atoms with Crippen LogP contribution in [0.2, 0.25) is 0 Å². The second-order valence-corrected chi connectivity index (χ2v) is 36.4. The summed E-state index contributed by atoms with van der Waals surface area (Å²) < 4.78 is 55.6. The Morgan fingerprint density at radius 1 is 0.289 bits per heavy atom. The number of hydrogen-bond donors (Lipinski definition) is 0. The predicted molar refractivity (Wildman–Crippen MR) is 542 cm³/mol. The summed E-state index contributed by atoms with van der Waals surface area (Å²) in [6.07, 6.45) is 13.6. The first-order chi connectivity index (χ1) is 67.1. The molecule has 0 aliphatic heterocycles. The third-order valence-electron chi connectivity index (χ3n) is 24.5. The predicted octanol–water partition coefficient (Wildman–Crippen LogP) is 29.5. The van der Waals surface area contributed by atoms with Gasteiger partial charge in [-0.25, -0.2) is 0 Å². The van der Waals surface area contributed by atoms with Gasteiger partial charge in [0, 0.05) is 87.9 Å². The van der Waals surface area contributed by atoms with Crippen LogP contribution in [0.1, 0.15) is 150 Å². The summed E-state index contributed by atoms with van der Waals surface area (Å²) in [6, 6.07) is 138. The van der Waals surface area contributed by atoms with Crippen molar-refractivity contribution in [1.82, 2.24) is 49.8 Å². The zero-order valence-electron chi connectivity index (χ0n) is 79.3. The van der Waals surface area contributed by atoms with Gasteiger partial charge in [0.1, 0.15) is 17.1 Å². The van der Waals surface area contributed by atoms with Gasteiger partial charge in [-0.15, -0.1) is 239 Å². The molecule has 0 spiro atoms. The summed E-state index contributed by atoms with van der Waals surface area (Å²) in [5, 5.41) is 0. The van der Waals surface area contributed by atoms with Crippen LogP contribution in [0.4, 0.5) is 34.9 Å². The van der Waals surface area contributed by atoms with Crippen LogP contribution in [0.25, 0.3) is 90.1 Å². The van der Waals surface area contributed by atoms with E-state index in [2.05, 4.69) is 257 Å². The Labute approximate surface area is 888 Å². The van der Waals surface area contributed by atoms with E-state index in [1.54, 1.807) is 41.3 Å². The Morgan fingerprint density at radius 3 is 0.972 bits per heavy atom. The number of pyridine rings is 6. The molecule has 1 aliphatic carbocycles. The molecule has 11 aromatic carbocycles. The van der Waals surface area contributed by atoms with E-state index >= 15 is 0 Å². The topological polar surface area (TPSA) is 132 Å². The first-order valence-electron chi connectivity index (χ1n) is 46.2. The van der Waals surface area contributed by atoms with E-state index < -0.39 is 28.7 Å². The third kappa shape index (κ3) is 25.4. The Kier molecular flexibility index (Phi) is 36.6. The summed E-state index contributed by atoms with van der Waals surface area (Å²) in [7, 11) is 0. The number of rotatable bonds is 20. The molecule has 0 unspecified atom stereocenters. The van der Waals surface area contributed by atoms with Crippen molar-refractivity contribution in [3.05, 3.63) is 511 Å². The summed E-state index contributed by atoms with van der Waals surface area (Å²) >= 11 is 0. The molecule has 0 amide bonds. The largest absolute Gasteiger partial charge is 2.00 e. The molecule has 0 N–H and O–H groups in total. The van der Waals surface area contributed by atoms with Gasteiger partial charge >= 0.3 is 84.3 Å². The Balaban J connectivity index is 0.000000159. The first kappa shape index (κ1) is 106. The van der Waals surface area contributed by atoms with E-state index in [9.17, 15) is 17.6 Å². The molecule has 19 heteroatoms. The van der Waals surface area contributed by atoms with E-state index in [0.717, 1.165) is 137 Å². The summed E-state index contributed by atoms with van der Waals surface area (Å²) in [4.78, 5) is 50.8. The minimum atomic E-state index is -0.789. The molecule has 0 radical (unpaired) electrons. The standard InChI is InChI=1S/C35H40N4.C35H24N2.C28H15F4N3.C25H20N2.4Pt/c1-34(2,3)27-16-12-24(13-17-27)29-20-36-22-31(38-29)33(26-10-8-7-9-11-26)32-23-37-21-30(39-32)25-14-18-28(19-15-25)35(4,5)6;1-5-15-27(16-6-1)31-23-13-25-33(36-31)35(29-19-9-3-10-20-29,30-21-11-4-12-22-30)34-26-14-24-32(37-34)28-17-7-2-8-18-28;29-18-12-14-21(23(31)16-18)25-8-4-10-27(33-25)35(20-6-2-1-3-7-20)28-11-5-9-26(34-28)22-15-13-19(30)17-24(22)32;1-25(2,23-17-9-15-21(26-23)19-11-5-3-6-12-19)24-18-10-16-22(27-24)20-13-7-4-8-14-20;;;;/h12,14,16-23,26,33H,7-11H2,1-6H3;1-15,17,19-26H;1-13,16-17H;3-11,13,15-18H,1-2H3;;;;/q4*-2;4*+2. The van der Waals surface area contributed by atoms with E-state index in [4.69, 9.17) is 29.9 Å². The van der Waals surface area contributed by atoms with Crippen LogP contribution >= 0.6 is 0 Å². The minimum Gasteiger partial charge on any atom is -0.300 e. The van der Waals surface area contributed by atoms with Crippen LogP contribution < -0.4 is 4.90 Å². The van der Waals surface area contributed by atoms with Crippen molar-refractivity contribution < 1.29 is 102 Å². The van der Waals surface area contributed by atoms with Gasteiger partial charge in [-0.3, -0.25) is 62.3 Å². The maximum atomic E-state index is 14.4. The van der Waals surface area contributed by atoms with Crippen molar-refractivity contribution in [3.63, 3.8) is 0 Å². The van der Waals surface area contributed by atoms with Crippen molar-refractivity contribution in [2.45, 2.75) is 115 Å². The number of halogens is 4. The third-order valence-corrected chi connectivity index (χ3v) is 24.5. The number of nitrogens with zero attached hydrogens (tertiary/aromatic N) is 11. The zero-order valence-corrected chi connectivity index (χ0v) is 88.3. The first-order valence-corrected chi connectivity index (χ1v) is 46.2. The van der Waals surface area contributed by atoms with Crippen LogP contribution in [-0.2, 0) is 106 Å². The summed E-state index contributed by atoms with van der Waals surface area (Å²) in [6.45, 7) is 17.6.